The van der Waals surface area contributed by atoms with Gasteiger partial charge in [-0.15, -0.1) is 24.8 Å². The number of halogens is 2. The second-order valence-electron chi connectivity index (χ2n) is 7.10. The number of benzene rings is 2. The summed E-state index contributed by atoms with van der Waals surface area (Å²) in [6.07, 6.45) is 3.30. The Morgan fingerprint density at radius 2 is 1.83 bits per heavy atom. The molecule has 0 unspecified atom stereocenters. The first kappa shape index (κ1) is 25.0. The molecule has 0 aliphatic carbocycles. The number of nitrogens with zero attached hydrogens (tertiary/aromatic N) is 2. The lowest BCUT2D eigenvalue weighted by Crippen LogP contribution is -2.36. The Kier molecular flexibility index (Phi) is 9.66. The van der Waals surface area contributed by atoms with Crippen LogP contribution in [0.3, 0.4) is 0 Å². The quantitative estimate of drug-likeness (QED) is 0.610. The number of hydrogen-bond donors (Lipinski definition) is 1. The van der Waals surface area contributed by atoms with Gasteiger partial charge in [-0.05, 0) is 56.3 Å². The number of ether oxygens (including phenoxy) is 1. The van der Waals surface area contributed by atoms with Gasteiger partial charge in [0, 0.05) is 18.1 Å². The third kappa shape index (κ3) is 5.97. The largest absolute Gasteiger partial charge is 0.497 e. The van der Waals surface area contributed by atoms with Gasteiger partial charge in [-0.25, -0.2) is 0 Å². The number of nitrogens with two attached hydrogens (primary N) is 1. The summed E-state index contributed by atoms with van der Waals surface area (Å²) in [6, 6.07) is 15.1. The molecule has 3 rings (SSSR count). The molecule has 29 heavy (non-hydrogen) atoms. The molecule has 0 spiro atoms. The number of rotatable bonds is 7. The zero-order valence-electron chi connectivity index (χ0n) is 17.0. The van der Waals surface area contributed by atoms with E-state index in [1.807, 2.05) is 68.8 Å². The van der Waals surface area contributed by atoms with Gasteiger partial charge < -0.3 is 15.4 Å². The molecule has 1 atom stereocenters. The number of methoxy groups -OCH3 is 1. The highest BCUT2D eigenvalue weighted by Crippen LogP contribution is 2.27. The molecule has 0 aliphatic rings. The Morgan fingerprint density at radius 3 is 2.45 bits per heavy atom. The van der Waals surface area contributed by atoms with Crippen molar-refractivity contribution >= 4 is 41.6 Å². The predicted octanol–water partition coefficient (Wildman–Crippen LogP) is 3.81. The molecule has 2 aromatic carbocycles. The van der Waals surface area contributed by atoms with Crippen molar-refractivity contribution in [2.24, 2.45) is 5.73 Å². The average Bonchev–Trinajstić information content (AvgIpc) is 3.04. The zero-order valence-corrected chi connectivity index (χ0v) is 18.6. The van der Waals surface area contributed by atoms with Crippen LogP contribution in [0.25, 0.3) is 10.9 Å². The molecule has 0 bridgehead atoms. The fourth-order valence-electron chi connectivity index (χ4n) is 3.26. The third-order valence-electron chi connectivity index (χ3n) is 4.78. The van der Waals surface area contributed by atoms with Crippen LogP contribution < -0.4 is 10.5 Å². The summed E-state index contributed by atoms with van der Waals surface area (Å²) in [7, 11) is 5.74. The van der Waals surface area contributed by atoms with Crippen molar-refractivity contribution in [1.82, 2.24) is 9.47 Å². The van der Waals surface area contributed by atoms with Crippen LogP contribution >= 0.6 is 24.8 Å². The molecular weight excluding hydrogens is 409 g/mol. The van der Waals surface area contributed by atoms with Crippen LogP contribution in [0, 0.1) is 0 Å². The molecule has 0 saturated heterocycles. The van der Waals surface area contributed by atoms with E-state index in [-0.39, 0.29) is 30.7 Å². The van der Waals surface area contributed by atoms with Crippen LogP contribution in [0.2, 0.25) is 0 Å². The van der Waals surface area contributed by atoms with Crippen LogP contribution in [0.5, 0.6) is 5.75 Å². The van der Waals surface area contributed by atoms with E-state index in [1.54, 1.807) is 11.7 Å². The second kappa shape index (κ2) is 11.2. The van der Waals surface area contributed by atoms with E-state index in [9.17, 15) is 4.79 Å². The van der Waals surface area contributed by atoms with Crippen molar-refractivity contribution < 1.29 is 9.53 Å². The molecule has 0 aliphatic heterocycles. The van der Waals surface area contributed by atoms with Gasteiger partial charge >= 0.3 is 0 Å². The first-order valence-corrected chi connectivity index (χ1v) is 9.16. The number of fused-ring (bicyclic) bond motifs is 1. The molecule has 5 nitrogen and oxygen atoms in total. The van der Waals surface area contributed by atoms with Crippen LogP contribution in [-0.4, -0.2) is 49.2 Å². The predicted molar refractivity (Wildman–Crippen MR) is 124 cm³/mol. The van der Waals surface area contributed by atoms with Crippen molar-refractivity contribution in [2.75, 3.05) is 27.7 Å². The van der Waals surface area contributed by atoms with Crippen molar-refractivity contribution in [3.05, 3.63) is 65.9 Å². The number of hydrogen-bond acceptors (Lipinski definition) is 4. The Hall–Kier alpha value is -2.05. The van der Waals surface area contributed by atoms with Gasteiger partial charge in [-0.3, -0.25) is 9.36 Å². The maximum Gasteiger partial charge on any atom is 0.248 e. The van der Waals surface area contributed by atoms with E-state index in [1.165, 1.54) is 0 Å². The van der Waals surface area contributed by atoms with Gasteiger partial charge in [0.1, 0.15) is 5.75 Å². The fourth-order valence-corrected chi connectivity index (χ4v) is 3.26. The lowest BCUT2D eigenvalue weighted by atomic mass is 10.1. The van der Waals surface area contributed by atoms with Crippen LogP contribution in [-0.2, 0) is 12.8 Å². The van der Waals surface area contributed by atoms with E-state index >= 15 is 0 Å². The summed E-state index contributed by atoms with van der Waals surface area (Å²) in [4.78, 5) is 15.2. The lowest BCUT2D eigenvalue weighted by Gasteiger charge is -2.12. The molecular formula is C22H29Cl2N3O2. The van der Waals surface area contributed by atoms with Crippen LogP contribution in [0.1, 0.15) is 15.9 Å². The number of likely N-dealkylation sites (N-methyl/N-ethyl adjacent to an activating group) is 1. The highest BCUT2D eigenvalue weighted by atomic mass is 35.5. The summed E-state index contributed by atoms with van der Waals surface area (Å²) in [5, 5.41) is 1.04. The van der Waals surface area contributed by atoms with Gasteiger partial charge in [0.05, 0.1) is 18.7 Å². The number of carbonyl (C=O) groups is 1. The molecule has 0 amide bonds. The highest BCUT2D eigenvalue weighted by Gasteiger charge is 2.20. The maximum absolute atomic E-state index is 13.1. The SMILES string of the molecule is COc1ccc2c(c1)c(CCN(C)C)cn2C(=O)[C@@H](N)Cc1ccccc1.Cl.Cl. The molecule has 2 N–H and O–H groups in total. The normalized spacial score (nSPS) is 11.6. The van der Waals surface area contributed by atoms with Crippen molar-refractivity contribution in [3.8, 4) is 5.75 Å². The molecule has 1 aromatic heterocycles. The van der Waals surface area contributed by atoms with Gasteiger partial charge in [-0.1, -0.05) is 30.3 Å². The molecule has 0 radical (unpaired) electrons. The molecule has 158 valence electrons. The minimum absolute atomic E-state index is 0. The van der Waals surface area contributed by atoms with E-state index in [0.29, 0.717) is 6.42 Å². The summed E-state index contributed by atoms with van der Waals surface area (Å²) >= 11 is 0. The van der Waals surface area contributed by atoms with Gasteiger partial charge in [0.2, 0.25) is 5.91 Å². The summed E-state index contributed by atoms with van der Waals surface area (Å²) in [5.74, 6) is 0.692. The molecule has 1 heterocycles. The molecule has 0 saturated carbocycles. The van der Waals surface area contributed by atoms with Crippen molar-refractivity contribution in [1.29, 1.82) is 0 Å². The lowest BCUT2D eigenvalue weighted by molar-refractivity contribution is 0.0884. The Bertz CT molecular complexity index is 926. The maximum atomic E-state index is 13.1. The summed E-state index contributed by atoms with van der Waals surface area (Å²) in [6.45, 7) is 0.903. The first-order valence-electron chi connectivity index (χ1n) is 9.16. The first-order chi connectivity index (χ1) is 13.0. The van der Waals surface area contributed by atoms with Gasteiger partial charge in [0.15, 0.2) is 0 Å². The topological polar surface area (TPSA) is 60.5 Å². The van der Waals surface area contributed by atoms with Crippen LogP contribution in [0.15, 0.2) is 54.7 Å². The Balaban J connectivity index is 0.00000210. The van der Waals surface area contributed by atoms with E-state index in [2.05, 4.69) is 4.90 Å². The zero-order chi connectivity index (χ0) is 19.4. The molecule has 0 fully saturated rings. The minimum atomic E-state index is -0.591. The third-order valence-corrected chi connectivity index (χ3v) is 4.78. The van der Waals surface area contributed by atoms with Gasteiger partial charge in [-0.2, -0.15) is 0 Å². The highest BCUT2D eigenvalue weighted by molar-refractivity contribution is 5.97. The number of aromatic nitrogens is 1. The average molecular weight is 438 g/mol. The van der Waals surface area contributed by atoms with E-state index < -0.39 is 6.04 Å². The minimum Gasteiger partial charge on any atom is -0.497 e. The summed E-state index contributed by atoms with van der Waals surface area (Å²) < 4.78 is 7.07. The Morgan fingerprint density at radius 1 is 1.14 bits per heavy atom. The number of carbonyl (C=O) groups excluding carboxylic acids is 1. The van der Waals surface area contributed by atoms with Crippen LogP contribution in [0.4, 0.5) is 0 Å². The summed E-state index contributed by atoms with van der Waals surface area (Å²) in [5.41, 5.74) is 9.31. The monoisotopic (exact) mass is 437 g/mol. The van der Waals surface area contributed by atoms with Crippen molar-refractivity contribution in [3.63, 3.8) is 0 Å². The smallest absolute Gasteiger partial charge is 0.248 e. The molecule has 3 aromatic rings. The standard InChI is InChI=1S/C22H27N3O2.2ClH/c1-24(2)12-11-17-15-25(21-10-9-18(27-3)14-19(17)21)22(26)20(23)13-16-7-5-4-6-8-16;;/h4-10,14-15,20H,11-13,23H2,1-3H3;2*1H/t20-;;/m0../s1. The van der Waals surface area contributed by atoms with E-state index in [0.717, 1.165) is 40.7 Å². The Labute approximate surface area is 184 Å². The fraction of sp³-hybridized carbons (Fsp3) is 0.318. The molecule has 7 heteroatoms. The van der Waals surface area contributed by atoms with Gasteiger partial charge in [0.25, 0.3) is 0 Å². The second-order valence-corrected chi connectivity index (χ2v) is 7.10. The van der Waals surface area contributed by atoms with Crippen molar-refractivity contribution in [2.45, 2.75) is 18.9 Å². The van der Waals surface area contributed by atoms with E-state index in [4.69, 9.17) is 10.5 Å².